The monoisotopic (exact) mass is 470 g/mol. The number of benzene rings is 2. The molecule has 0 spiro atoms. The van der Waals surface area contributed by atoms with Crippen molar-refractivity contribution in [3.8, 4) is 17.2 Å². The van der Waals surface area contributed by atoms with Gasteiger partial charge in [-0.25, -0.2) is 8.42 Å². The van der Waals surface area contributed by atoms with Gasteiger partial charge in [-0.2, -0.15) is 4.31 Å². The van der Waals surface area contributed by atoms with Crippen LogP contribution in [-0.4, -0.2) is 53.0 Å². The molecule has 0 radical (unpaired) electrons. The molecule has 0 aliphatic carbocycles. The van der Waals surface area contributed by atoms with Crippen LogP contribution in [0.25, 0.3) is 0 Å². The van der Waals surface area contributed by atoms with Crippen LogP contribution in [-0.2, 0) is 14.8 Å². The van der Waals surface area contributed by atoms with E-state index in [2.05, 4.69) is 5.32 Å². The van der Waals surface area contributed by atoms with E-state index in [9.17, 15) is 13.2 Å². The molecular weight excluding hydrogens is 444 g/mol. The van der Waals surface area contributed by atoms with Gasteiger partial charge in [0, 0.05) is 7.05 Å². The lowest BCUT2D eigenvalue weighted by Gasteiger charge is -2.20. The molecule has 0 aliphatic heterocycles. The number of amides is 1. The molecule has 0 saturated carbocycles. The summed E-state index contributed by atoms with van der Waals surface area (Å²) in [6.07, 6.45) is 0. The first-order chi connectivity index (χ1) is 14.6. The van der Waals surface area contributed by atoms with E-state index < -0.39 is 15.9 Å². The number of nitrogens with one attached hydrogen (secondary N) is 1. The predicted molar refractivity (Wildman–Crippen MR) is 119 cm³/mol. The number of methoxy groups -OCH3 is 2. The summed E-state index contributed by atoms with van der Waals surface area (Å²) in [7, 11) is 0.485. The molecule has 0 fully saturated rings. The average molecular weight is 471 g/mol. The number of ether oxygens (including phenoxy) is 3. The molecule has 2 aromatic rings. The molecule has 8 nitrogen and oxygen atoms in total. The first-order valence-corrected chi connectivity index (χ1v) is 11.4. The smallest absolute Gasteiger partial charge is 0.243 e. The summed E-state index contributed by atoms with van der Waals surface area (Å²) in [5.41, 5.74) is 0.787. The minimum absolute atomic E-state index is 0.0239. The van der Waals surface area contributed by atoms with Gasteiger partial charge >= 0.3 is 0 Å². The van der Waals surface area contributed by atoms with E-state index in [0.29, 0.717) is 23.9 Å². The molecule has 0 aliphatic rings. The van der Waals surface area contributed by atoms with Gasteiger partial charge in [0.2, 0.25) is 15.9 Å². The zero-order valence-electron chi connectivity index (χ0n) is 18.1. The van der Waals surface area contributed by atoms with Crippen molar-refractivity contribution in [1.29, 1.82) is 0 Å². The lowest BCUT2D eigenvalue weighted by atomic mass is 10.1. The van der Waals surface area contributed by atoms with Crippen molar-refractivity contribution < 1.29 is 27.4 Å². The van der Waals surface area contributed by atoms with E-state index >= 15 is 0 Å². The number of halogens is 1. The number of carbonyl (C=O) groups is 1. The number of nitrogens with zero attached hydrogens (tertiary/aromatic N) is 1. The second-order valence-corrected chi connectivity index (χ2v) is 9.14. The van der Waals surface area contributed by atoms with Gasteiger partial charge in [0.1, 0.15) is 5.75 Å². The van der Waals surface area contributed by atoms with E-state index in [4.69, 9.17) is 25.8 Å². The molecule has 0 aromatic heterocycles. The summed E-state index contributed by atoms with van der Waals surface area (Å²) < 4.78 is 42.4. The van der Waals surface area contributed by atoms with Crippen molar-refractivity contribution >= 4 is 27.5 Å². The molecule has 0 heterocycles. The van der Waals surface area contributed by atoms with Crippen molar-refractivity contribution in [3.05, 3.63) is 47.0 Å². The standard InChI is InChI=1S/C21H27ClN2O6S/c1-6-30-18-10-8-16(12-17(18)22)31(26,27)24(3)13-21(25)23-14(2)15-7-9-19(28-4)20(11-15)29-5/h7-12,14H,6,13H2,1-5H3,(H,23,25). The second-order valence-electron chi connectivity index (χ2n) is 6.69. The van der Waals surface area contributed by atoms with Crippen LogP contribution in [0.1, 0.15) is 25.5 Å². The Labute approximate surface area is 188 Å². The minimum Gasteiger partial charge on any atom is -0.493 e. The van der Waals surface area contributed by atoms with Gasteiger partial charge in [0.25, 0.3) is 0 Å². The van der Waals surface area contributed by atoms with E-state index in [0.717, 1.165) is 9.87 Å². The van der Waals surface area contributed by atoms with Crippen LogP contribution in [0.2, 0.25) is 5.02 Å². The Hall–Kier alpha value is -2.49. The maximum absolute atomic E-state index is 12.8. The zero-order chi connectivity index (χ0) is 23.2. The third-order valence-electron chi connectivity index (χ3n) is 4.56. The predicted octanol–water partition coefficient (Wildman–Crippen LogP) is 3.25. The highest BCUT2D eigenvalue weighted by molar-refractivity contribution is 7.89. The first-order valence-electron chi connectivity index (χ1n) is 9.54. The Morgan fingerprint density at radius 2 is 1.74 bits per heavy atom. The molecule has 0 saturated heterocycles. The molecule has 170 valence electrons. The van der Waals surface area contributed by atoms with E-state index in [1.165, 1.54) is 39.5 Å². The summed E-state index contributed by atoms with van der Waals surface area (Å²) in [5.74, 6) is 1.05. The van der Waals surface area contributed by atoms with Gasteiger partial charge in [-0.1, -0.05) is 17.7 Å². The summed E-state index contributed by atoms with van der Waals surface area (Å²) in [4.78, 5) is 12.5. The number of carbonyl (C=O) groups excluding carboxylic acids is 1. The third-order valence-corrected chi connectivity index (χ3v) is 6.66. The fourth-order valence-electron chi connectivity index (χ4n) is 2.87. The van der Waals surface area contributed by atoms with E-state index in [-0.39, 0.29) is 22.5 Å². The van der Waals surface area contributed by atoms with Crippen LogP contribution < -0.4 is 19.5 Å². The zero-order valence-corrected chi connectivity index (χ0v) is 19.7. The lowest BCUT2D eigenvalue weighted by molar-refractivity contribution is -0.121. The maximum Gasteiger partial charge on any atom is 0.243 e. The molecule has 1 amide bonds. The van der Waals surface area contributed by atoms with E-state index in [1.54, 1.807) is 32.0 Å². The van der Waals surface area contributed by atoms with E-state index in [1.807, 2.05) is 0 Å². The van der Waals surface area contributed by atoms with Gasteiger partial charge < -0.3 is 19.5 Å². The Bertz CT molecular complexity index is 1030. The molecular formula is C21H27ClN2O6S. The molecule has 0 bridgehead atoms. The fourth-order valence-corrected chi connectivity index (χ4v) is 4.33. The van der Waals surface area contributed by atoms with Crippen LogP contribution in [0, 0.1) is 0 Å². The Balaban J connectivity index is 2.08. The van der Waals surface area contributed by atoms with Crippen LogP contribution in [0.3, 0.4) is 0 Å². The summed E-state index contributed by atoms with van der Waals surface area (Å²) >= 11 is 6.10. The summed E-state index contributed by atoms with van der Waals surface area (Å²) in [6, 6.07) is 9.12. The largest absolute Gasteiger partial charge is 0.493 e. The summed E-state index contributed by atoms with van der Waals surface area (Å²) in [6.45, 7) is 3.64. The molecule has 1 N–H and O–H groups in total. The van der Waals surface area contributed by atoms with Crippen LogP contribution in [0.4, 0.5) is 0 Å². The molecule has 1 atom stereocenters. The van der Waals surface area contributed by atoms with Gasteiger partial charge in [-0.3, -0.25) is 4.79 Å². The quantitative estimate of drug-likeness (QED) is 0.572. The lowest BCUT2D eigenvalue weighted by Crippen LogP contribution is -2.39. The first kappa shape index (κ1) is 24.8. The maximum atomic E-state index is 12.8. The highest BCUT2D eigenvalue weighted by Crippen LogP contribution is 2.30. The molecule has 31 heavy (non-hydrogen) atoms. The Morgan fingerprint density at radius 3 is 2.32 bits per heavy atom. The minimum atomic E-state index is -3.91. The number of likely N-dealkylation sites (N-methyl/N-ethyl adjacent to an activating group) is 1. The topological polar surface area (TPSA) is 94.2 Å². The van der Waals surface area contributed by atoms with Gasteiger partial charge in [0.05, 0.1) is 43.3 Å². The number of hydrogen-bond donors (Lipinski definition) is 1. The van der Waals surface area contributed by atoms with Crippen LogP contribution in [0.15, 0.2) is 41.3 Å². The number of sulfonamides is 1. The second kappa shape index (κ2) is 10.7. The fraction of sp³-hybridized carbons (Fsp3) is 0.381. The number of hydrogen-bond acceptors (Lipinski definition) is 6. The van der Waals surface area contributed by atoms with Crippen LogP contribution in [0.5, 0.6) is 17.2 Å². The molecule has 2 rings (SSSR count). The molecule has 10 heteroatoms. The molecule has 1 unspecified atom stereocenters. The third kappa shape index (κ3) is 6.03. The van der Waals surface area contributed by atoms with Crippen molar-refractivity contribution in [2.24, 2.45) is 0 Å². The Morgan fingerprint density at radius 1 is 1.10 bits per heavy atom. The summed E-state index contributed by atoms with van der Waals surface area (Å²) in [5, 5.41) is 2.97. The normalized spacial score (nSPS) is 12.4. The van der Waals surface area contributed by atoms with Crippen LogP contribution >= 0.6 is 11.6 Å². The SMILES string of the molecule is CCOc1ccc(S(=O)(=O)N(C)CC(=O)NC(C)c2ccc(OC)c(OC)c2)cc1Cl. The van der Waals surface area contributed by atoms with Crippen molar-refractivity contribution in [1.82, 2.24) is 9.62 Å². The van der Waals surface area contributed by atoms with Gasteiger partial charge in [0.15, 0.2) is 11.5 Å². The van der Waals surface area contributed by atoms with Crippen molar-refractivity contribution in [2.75, 3.05) is 34.4 Å². The van der Waals surface area contributed by atoms with Gasteiger partial charge in [-0.15, -0.1) is 0 Å². The average Bonchev–Trinajstić information content (AvgIpc) is 2.74. The van der Waals surface area contributed by atoms with Crippen molar-refractivity contribution in [2.45, 2.75) is 24.8 Å². The van der Waals surface area contributed by atoms with Gasteiger partial charge in [-0.05, 0) is 49.7 Å². The van der Waals surface area contributed by atoms with Crippen molar-refractivity contribution in [3.63, 3.8) is 0 Å². The Kier molecular flexibility index (Phi) is 8.55. The highest BCUT2D eigenvalue weighted by Gasteiger charge is 2.25. The number of rotatable bonds is 10. The highest BCUT2D eigenvalue weighted by atomic mass is 35.5. The molecule has 2 aromatic carbocycles.